The number of rotatable bonds is 7. The molecule has 0 spiro atoms. The Morgan fingerprint density at radius 3 is 2.81 bits per heavy atom. The molecule has 0 aliphatic carbocycles. The van der Waals surface area contributed by atoms with Crippen molar-refractivity contribution in [3.05, 3.63) is 22.4 Å². The van der Waals surface area contributed by atoms with Crippen molar-refractivity contribution < 1.29 is 13.2 Å². The molecule has 0 saturated carbocycles. The molecule has 1 saturated heterocycles. The van der Waals surface area contributed by atoms with Gasteiger partial charge in [0.15, 0.2) is 5.96 Å². The minimum absolute atomic E-state index is 0. The van der Waals surface area contributed by atoms with Gasteiger partial charge in [0, 0.05) is 32.1 Å². The van der Waals surface area contributed by atoms with Crippen molar-refractivity contribution in [1.29, 1.82) is 0 Å². The number of likely N-dealkylation sites (tertiary alicyclic amines) is 1. The van der Waals surface area contributed by atoms with Crippen LogP contribution < -0.4 is 10.6 Å². The molecule has 2 N–H and O–H groups in total. The zero-order valence-corrected chi connectivity index (χ0v) is 18.3. The summed E-state index contributed by atoms with van der Waals surface area (Å²) in [6, 6.07) is 2.11. The summed E-state index contributed by atoms with van der Waals surface area (Å²) in [7, 11) is 0. The molecule has 1 aromatic rings. The first-order valence-corrected chi connectivity index (χ1v) is 9.65. The number of hydrogen-bond donors (Lipinski definition) is 2. The summed E-state index contributed by atoms with van der Waals surface area (Å²) < 4.78 is 37.4. The molecule has 9 heteroatoms. The van der Waals surface area contributed by atoms with E-state index in [-0.39, 0.29) is 29.9 Å². The molecule has 4 nitrogen and oxygen atoms in total. The zero-order valence-electron chi connectivity index (χ0n) is 15.2. The van der Waals surface area contributed by atoms with E-state index in [1.807, 2.05) is 6.92 Å². The Kier molecular flexibility index (Phi) is 10.2. The van der Waals surface area contributed by atoms with E-state index in [9.17, 15) is 13.2 Å². The second-order valence-corrected chi connectivity index (χ2v) is 7.34. The summed E-state index contributed by atoms with van der Waals surface area (Å²) in [5, 5.41) is 10.7. The second kappa shape index (κ2) is 11.3. The van der Waals surface area contributed by atoms with Crippen molar-refractivity contribution in [3.8, 4) is 0 Å². The monoisotopic (exact) mass is 504 g/mol. The van der Waals surface area contributed by atoms with Crippen LogP contribution in [0.4, 0.5) is 13.2 Å². The molecule has 0 amide bonds. The van der Waals surface area contributed by atoms with Gasteiger partial charge in [0.05, 0.1) is 6.54 Å². The van der Waals surface area contributed by atoms with Crippen LogP contribution in [-0.2, 0) is 0 Å². The highest BCUT2D eigenvalue weighted by atomic mass is 127. The predicted octanol–water partition coefficient (Wildman–Crippen LogP) is 3.91. The first kappa shape index (κ1) is 23.5. The number of nitrogens with one attached hydrogen (secondary N) is 2. The SMILES string of the molecule is CCNC(=NCC(C)c1ccsc1)NCC1CCN(CC(F)(F)F)C1.I. The van der Waals surface area contributed by atoms with E-state index in [4.69, 9.17) is 0 Å². The van der Waals surface area contributed by atoms with Crippen LogP contribution in [0.25, 0.3) is 0 Å². The van der Waals surface area contributed by atoms with E-state index in [0.29, 0.717) is 32.1 Å². The summed E-state index contributed by atoms with van der Waals surface area (Å²) in [5.41, 5.74) is 1.28. The average Bonchev–Trinajstić information content (AvgIpc) is 3.20. The van der Waals surface area contributed by atoms with Crippen molar-refractivity contribution in [2.75, 3.05) is 39.3 Å². The first-order valence-electron chi connectivity index (χ1n) is 8.70. The van der Waals surface area contributed by atoms with Gasteiger partial charge < -0.3 is 10.6 Å². The third-order valence-electron chi connectivity index (χ3n) is 4.31. The number of halogens is 4. The normalized spacial score (nSPS) is 19.9. The van der Waals surface area contributed by atoms with Crippen LogP contribution in [0, 0.1) is 5.92 Å². The number of nitrogens with zero attached hydrogens (tertiary/aromatic N) is 2. The Bertz CT molecular complexity index is 537. The van der Waals surface area contributed by atoms with Gasteiger partial charge in [-0.25, -0.2) is 0 Å². The molecule has 2 atom stereocenters. The topological polar surface area (TPSA) is 39.7 Å². The van der Waals surface area contributed by atoms with Crippen molar-refractivity contribution in [2.45, 2.75) is 32.4 Å². The third kappa shape index (κ3) is 8.43. The Morgan fingerprint density at radius 2 is 2.19 bits per heavy atom. The summed E-state index contributed by atoms with van der Waals surface area (Å²) in [5.74, 6) is 1.30. The molecule has 0 bridgehead atoms. The maximum absolute atomic E-state index is 12.5. The Balaban J connectivity index is 0.00000338. The lowest BCUT2D eigenvalue weighted by Gasteiger charge is -2.19. The molecule has 1 aromatic heterocycles. The van der Waals surface area contributed by atoms with Crippen LogP contribution in [0.3, 0.4) is 0 Å². The van der Waals surface area contributed by atoms with Crippen LogP contribution >= 0.6 is 35.3 Å². The van der Waals surface area contributed by atoms with Gasteiger partial charge in [-0.05, 0) is 48.2 Å². The fourth-order valence-electron chi connectivity index (χ4n) is 2.95. The fraction of sp³-hybridized carbons (Fsp3) is 0.706. The predicted molar refractivity (Wildman–Crippen MR) is 113 cm³/mol. The largest absolute Gasteiger partial charge is 0.401 e. The smallest absolute Gasteiger partial charge is 0.357 e. The molecular formula is C17H28F3IN4S. The molecular weight excluding hydrogens is 476 g/mol. The van der Waals surface area contributed by atoms with Crippen LogP contribution in [0.1, 0.15) is 31.7 Å². The molecule has 150 valence electrons. The van der Waals surface area contributed by atoms with Crippen molar-refractivity contribution in [3.63, 3.8) is 0 Å². The van der Waals surface area contributed by atoms with E-state index < -0.39 is 12.7 Å². The second-order valence-electron chi connectivity index (χ2n) is 6.56. The maximum atomic E-state index is 12.5. The number of aliphatic imine (C=N–C) groups is 1. The van der Waals surface area contributed by atoms with Gasteiger partial charge in [0.1, 0.15) is 0 Å². The van der Waals surface area contributed by atoms with Crippen LogP contribution in [0.15, 0.2) is 21.8 Å². The summed E-state index contributed by atoms with van der Waals surface area (Å²) >= 11 is 1.68. The molecule has 1 aliphatic heterocycles. The fourth-order valence-corrected chi connectivity index (χ4v) is 3.73. The minimum atomic E-state index is -4.11. The average molecular weight is 504 g/mol. The van der Waals surface area contributed by atoms with Gasteiger partial charge in [-0.15, -0.1) is 24.0 Å². The molecule has 2 rings (SSSR count). The van der Waals surface area contributed by atoms with Crippen molar-refractivity contribution in [1.82, 2.24) is 15.5 Å². The van der Waals surface area contributed by atoms with E-state index >= 15 is 0 Å². The third-order valence-corrected chi connectivity index (χ3v) is 5.01. The number of hydrogen-bond acceptors (Lipinski definition) is 3. The number of guanidine groups is 1. The lowest BCUT2D eigenvalue weighted by atomic mass is 10.1. The van der Waals surface area contributed by atoms with E-state index in [0.717, 1.165) is 18.9 Å². The standard InChI is InChI=1S/C17H27F3N4S.HI/c1-3-21-16(22-8-13(2)15-5-7-25-11-15)23-9-14-4-6-24(10-14)12-17(18,19)20;/h5,7,11,13-14H,3-4,6,8-10,12H2,1-2H3,(H2,21,22,23);1H. The van der Waals surface area contributed by atoms with Crippen LogP contribution in [0.2, 0.25) is 0 Å². The molecule has 1 aliphatic rings. The maximum Gasteiger partial charge on any atom is 0.401 e. The Morgan fingerprint density at radius 1 is 1.42 bits per heavy atom. The highest BCUT2D eigenvalue weighted by Gasteiger charge is 2.34. The first-order chi connectivity index (χ1) is 11.9. The van der Waals surface area contributed by atoms with E-state index in [2.05, 4.69) is 39.4 Å². The molecule has 0 aromatic carbocycles. The van der Waals surface area contributed by atoms with E-state index in [1.54, 1.807) is 11.3 Å². The Labute approximate surface area is 174 Å². The summed E-state index contributed by atoms with van der Waals surface area (Å²) in [6.45, 7) is 6.40. The lowest BCUT2D eigenvalue weighted by Crippen LogP contribution is -2.41. The van der Waals surface area contributed by atoms with Gasteiger partial charge in [0.2, 0.25) is 0 Å². The lowest BCUT2D eigenvalue weighted by molar-refractivity contribution is -0.143. The minimum Gasteiger partial charge on any atom is -0.357 e. The summed E-state index contributed by atoms with van der Waals surface area (Å²) in [4.78, 5) is 6.10. The highest BCUT2D eigenvalue weighted by Crippen LogP contribution is 2.22. The molecule has 26 heavy (non-hydrogen) atoms. The van der Waals surface area contributed by atoms with Crippen LogP contribution in [0.5, 0.6) is 0 Å². The molecule has 2 heterocycles. The highest BCUT2D eigenvalue weighted by molar-refractivity contribution is 14.0. The number of thiophene rings is 1. The number of alkyl halides is 3. The quantitative estimate of drug-likeness (QED) is 0.336. The van der Waals surface area contributed by atoms with Gasteiger partial charge in [-0.2, -0.15) is 24.5 Å². The Hall–Kier alpha value is -0.550. The summed E-state index contributed by atoms with van der Waals surface area (Å²) in [6.07, 6.45) is -3.33. The van der Waals surface area contributed by atoms with Gasteiger partial charge in [0.25, 0.3) is 0 Å². The molecule has 0 radical (unpaired) electrons. The van der Waals surface area contributed by atoms with Crippen molar-refractivity contribution in [2.24, 2.45) is 10.9 Å². The van der Waals surface area contributed by atoms with Gasteiger partial charge >= 0.3 is 6.18 Å². The van der Waals surface area contributed by atoms with Crippen LogP contribution in [-0.4, -0.2) is 56.3 Å². The van der Waals surface area contributed by atoms with Crippen molar-refractivity contribution >= 4 is 41.3 Å². The van der Waals surface area contributed by atoms with E-state index in [1.165, 1.54) is 10.5 Å². The zero-order chi connectivity index (χ0) is 18.3. The van der Waals surface area contributed by atoms with Gasteiger partial charge in [-0.3, -0.25) is 9.89 Å². The molecule has 1 fully saturated rings. The van der Waals surface area contributed by atoms with Gasteiger partial charge in [-0.1, -0.05) is 6.92 Å². The molecule has 2 unspecified atom stereocenters.